The smallest absolute Gasteiger partial charge is 0.426 e. The Labute approximate surface area is 173 Å². The number of imidazole rings is 1. The van der Waals surface area contributed by atoms with E-state index in [4.69, 9.17) is 16.3 Å². The van der Waals surface area contributed by atoms with Crippen molar-refractivity contribution in [2.24, 2.45) is 0 Å². The first-order valence-corrected chi connectivity index (χ1v) is 9.95. The zero-order valence-electron chi connectivity index (χ0n) is 15.4. The Morgan fingerprint density at radius 3 is 2.50 bits per heavy atom. The first-order valence-electron chi connectivity index (χ1n) is 8.09. The van der Waals surface area contributed by atoms with Crippen LogP contribution in [0.1, 0.15) is 24.3 Å². The average Bonchev–Trinajstić information content (AvgIpc) is 3.13. The molecular formula is C16H15ClF3N3O6S. The van der Waals surface area contributed by atoms with Gasteiger partial charge < -0.3 is 20.1 Å². The number of ether oxygens (including phenoxy) is 1. The van der Waals surface area contributed by atoms with Gasteiger partial charge in [0.05, 0.1) is 28.4 Å². The molecule has 1 atom stereocenters. The van der Waals surface area contributed by atoms with E-state index >= 15 is 0 Å². The van der Waals surface area contributed by atoms with E-state index in [2.05, 4.69) is 9.97 Å². The third-order valence-electron chi connectivity index (χ3n) is 3.80. The number of anilines is 1. The molecule has 0 saturated carbocycles. The number of carbonyl (C=O) groups is 2. The topological polar surface area (TPSA) is 138 Å². The molecule has 0 fully saturated rings. The number of esters is 1. The standard InChI is InChI=1S/C16H15ClF3N3O6S/c1-3-29-12(24)11-7-21-14(23-11)30(27,28)8-4-5-10(9(17)6-8)22-13(25)15(2,26)16(18,19)20/h4-7,26H,3H2,1-2H3,(H,21,23)(H,22,25)/t15-/m1/s1. The van der Waals surface area contributed by atoms with Gasteiger partial charge in [-0.1, -0.05) is 11.6 Å². The van der Waals surface area contributed by atoms with E-state index in [-0.39, 0.29) is 24.9 Å². The van der Waals surface area contributed by atoms with Crippen LogP contribution in [0.2, 0.25) is 5.02 Å². The number of benzene rings is 1. The molecule has 1 aromatic carbocycles. The van der Waals surface area contributed by atoms with Crippen LogP contribution in [0.15, 0.2) is 34.4 Å². The van der Waals surface area contributed by atoms with Gasteiger partial charge in [0.15, 0.2) is 0 Å². The summed E-state index contributed by atoms with van der Waals surface area (Å²) in [5.74, 6) is -2.63. The van der Waals surface area contributed by atoms with Crippen LogP contribution >= 0.6 is 11.6 Å². The molecule has 2 rings (SSSR count). The van der Waals surface area contributed by atoms with Gasteiger partial charge in [-0.05, 0) is 32.0 Å². The Morgan fingerprint density at radius 1 is 1.33 bits per heavy atom. The minimum atomic E-state index is -5.25. The predicted molar refractivity (Wildman–Crippen MR) is 96.8 cm³/mol. The summed E-state index contributed by atoms with van der Waals surface area (Å²) in [5, 5.41) is 10.1. The number of hydrogen-bond donors (Lipinski definition) is 3. The molecule has 1 amide bonds. The molecule has 30 heavy (non-hydrogen) atoms. The van der Waals surface area contributed by atoms with Gasteiger partial charge in [-0.25, -0.2) is 18.2 Å². The van der Waals surface area contributed by atoms with Gasteiger partial charge in [0.25, 0.3) is 5.91 Å². The molecule has 0 aliphatic rings. The molecule has 0 spiro atoms. The van der Waals surface area contributed by atoms with Gasteiger partial charge in [-0.3, -0.25) is 4.79 Å². The van der Waals surface area contributed by atoms with E-state index in [1.54, 1.807) is 12.2 Å². The Balaban J connectivity index is 2.30. The number of aromatic nitrogens is 2. The van der Waals surface area contributed by atoms with Crippen molar-refractivity contribution in [2.75, 3.05) is 11.9 Å². The van der Waals surface area contributed by atoms with Crippen LogP contribution in [-0.2, 0) is 19.4 Å². The lowest BCUT2D eigenvalue weighted by molar-refractivity contribution is -0.242. The van der Waals surface area contributed by atoms with Crippen LogP contribution in [0.25, 0.3) is 0 Å². The van der Waals surface area contributed by atoms with Crippen molar-refractivity contribution in [3.8, 4) is 0 Å². The fourth-order valence-corrected chi connectivity index (χ4v) is 3.47. The van der Waals surface area contributed by atoms with E-state index < -0.39 is 48.6 Å². The SMILES string of the molecule is CCOC(=O)c1cnc(S(=O)(=O)c2ccc(NC(=O)[C@@](C)(O)C(F)(F)F)c(Cl)c2)[nH]1. The molecule has 3 N–H and O–H groups in total. The number of nitrogens with zero attached hydrogens (tertiary/aromatic N) is 1. The molecule has 0 bridgehead atoms. The molecule has 1 heterocycles. The monoisotopic (exact) mass is 469 g/mol. The van der Waals surface area contributed by atoms with Gasteiger partial charge in [0, 0.05) is 0 Å². The second-order valence-corrected chi connectivity index (χ2v) is 8.26. The number of rotatable bonds is 6. The van der Waals surface area contributed by atoms with Crippen molar-refractivity contribution in [1.82, 2.24) is 9.97 Å². The van der Waals surface area contributed by atoms with Crippen molar-refractivity contribution in [2.45, 2.75) is 35.7 Å². The first-order chi connectivity index (χ1) is 13.7. The summed E-state index contributed by atoms with van der Waals surface area (Å²) in [7, 11) is -4.29. The van der Waals surface area contributed by atoms with Crippen LogP contribution in [-0.4, -0.2) is 53.8 Å². The number of alkyl halides is 3. The third kappa shape index (κ3) is 4.57. The molecule has 0 aliphatic heterocycles. The maximum atomic E-state index is 12.7. The second kappa shape index (κ2) is 8.24. The number of halogens is 4. The maximum absolute atomic E-state index is 12.7. The minimum absolute atomic E-state index is 0.0595. The first kappa shape index (κ1) is 23.6. The lowest BCUT2D eigenvalue weighted by Gasteiger charge is -2.25. The van der Waals surface area contributed by atoms with Gasteiger partial charge >= 0.3 is 12.1 Å². The number of amides is 1. The molecule has 2 aromatic rings. The van der Waals surface area contributed by atoms with E-state index in [1.807, 2.05) is 0 Å². The van der Waals surface area contributed by atoms with Crippen LogP contribution in [0.3, 0.4) is 0 Å². The van der Waals surface area contributed by atoms with Crippen molar-refractivity contribution >= 4 is 39.0 Å². The summed E-state index contributed by atoms with van der Waals surface area (Å²) in [6, 6.07) is 2.75. The molecule has 14 heteroatoms. The summed E-state index contributed by atoms with van der Waals surface area (Å²) in [6.07, 6.45) is -4.29. The summed E-state index contributed by atoms with van der Waals surface area (Å²) in [5.41, 5.74) is -4.27. The third-order valence-corrected chi connectivity index (χ3v) is 5.70. The van der Waals surface area contributed by atoms with E-state index in [1.165, 1.54) is 0 Å². The fraction of sp³-hybridized carbons (Fsp3) is 0.312. The lowest BCUT2D eigenvalue weighted by Crippen LogP contribution is -2.52. The molecule has 0 aliphatic carbocycles. The number of aromatic amines is 1. The Hall–Kier alpha value is -2.64. The van der Waals surface area contributed by atoms with Crippen LogP contribution in [0.4, 0.5) is 18.9 Å². The van der Waals surface area contributed by atoms with Crippen LogP contribution < -0.4 is 5.32 Å². The average molecular weight is 470 g/mol. The van der Waals surface area contributed by atoms with E-state index in [0.29, 0.717) is 0 Å². The Kier molecular flexibility index (Phi) is 6.49. The minimum Gasteiger partial charge on any atom is -0.461 e. The number of carbonyl (C=O) groups excluding carboxylic acids is 2. The van der Waals surface area contributed by atoms with Crippen molar-refractivity contribution in [3.05, 3.63) is 35.1 Å². The van der Waals surface area contributed by atoms with Crippen molar-refractivity contribution in [1.29, 1.82) is 0 Å². The molecule has 9 nitrogen and oxygen atoms in total. The predicted octanol–water partition coefficient (Wildman–Crippen LogP) is 2.32. The summed E-state index contributed by atoms with van der Waals surface area (Å²) in [4.78, 5) is 28.9. The van der Waals surface area contributed by atoms with Crippen molar-refractivity contribution in [3.63, 3.8) is 0 Å². The van der Waals surface area contributed by atoms with E-state index in [0.717, 1.165) is 24.4 Å². The number of H-pyrrole nitrogens is 1. The molecule has 164 valence electrons. The lowest BCUT2D eigenvalue weighted by atomic mass is 10.1. The van der Waals surface area contributed by atoms with Gasteiger partial charge in [-0.15, -0.1) is 0 Å². The molecule has 1 aromatic heterocycles. The van der Waals surface area contributed by atoms with Gasteiger partial charge in [-0.2, -0.15) is 13.2 Å². The molecule has 0 saturated heterocycles. The Bertz CT molecular complexity index is 1080. The van der Waals surface area contributed by atoms with Crippen LogP contribution in [0, 0.1) is 0 Å². The highest BCUT2D eigenvalue weighted by atomic mass is 35.5. The van der Waals surface area contributed by atoms with Crippen molar-refractivity contribution < 1.29 is 41.0 Å². The summed E-state index contributed by atoms with van der Waals surface area (Å²) in [6.45, 7) is 1.87. The zero-order valence-corrected chi connectivity index (χ0v) is 16.9. The number of hydrogen-bond acceptors (Lipinski definition) is 7. The van der Waals surface area contributed by atoms with E-state index in [9.17, 15) is 36.3 Å². The maximum Gasteiger partial charge on any atom is 0.426 e. The van der Waals surface area contributed by atoms with Crippen LogP contribution in [0.5, 0.6) is 0 Å². The highest BCUT2D eigenvalue weighted by Gasteiger charge is 2.55. The normalized spacial score (nSPS) is 14.1. The number of sulfone groups is 1. The largest absolute Gasteiger partial charge is 0.461 e. The van der Waals surface area contributed by atoms with Gasteiger partial charge in [0.2, 0.25) is 20.6 Å². The highest BCUT2D eigenvalue weighted by molar-refractivity contribution is 7.91. The molecule has 0 radical (unpaired) electrons. The summed E-state index contributed by atoms with van der Waals surface area (Å²) >= 11 is 5.88. The number of nitrogens with one attached hydrogen (secondary N) is 2. The molecular weight excluding hydrogens is 455 g/mol. The molecule has 0 unspecified atom stereocenters. The fourth-order valence-electron chi connectivity index (χ4n) is 2.00. The quantitative estimate of drug-likeness (QED) is 0.552. The zero-order chi connectivity index (χ0) is 22.9. The number of aliphatic hydroxyl groups is 1. The summed E-state index contributed by atoms with van der Waals surface area (Å²) < 4.78 is 68.2. The Morgan fingerprint density at radius 2 is 1.97 bits per heavy atom. The highest BCUT2D eigenvalue weighted by Crippen LogP contribution is 2.33. The van der Waals surface area contributed by atoms with Gasteiger partial charge in [0.1, 0.15) is 5.69 Å². The second-order valence-electron chi connectivity index (χ2n) is 5.99.